The first-order valence-electron chi connectivity index (χ1n) is 7.01. The molecule has 4 heteroatoms. The van der Waals surface area contributed by atoms with Gasteiger partial charge in [0.1, 0.15) is 5.75 Å². The van der Waals surface area contributed by atoms with Gasteiger partial charge in [0.15, 0.2) is 0 Å². The molecule has 1 atom stereocenters. The van der Waals surface area contributed by atoms with Crippen molar-refractivity contribution < 1.29 is 9.53 Å². The van der Waals surface area contributed by atoms with Crippen LogP contribution in [0.25, 0.3) is 0 Å². The Morgan fingerprint density at radius 1 is 1.53 bits per heavy atom. The summed E-state index contributed by atoms with van der Waals surface area (Å²) in [4.78, 5) is 12.0. The normalized spacial score (nSPS) is 18.3. The third-order valence-electron chi connectivity index (χ3n) is 3.41. The maximum atomic E-state index is 12.0. The van der Waals surface area contributed by atoms with Gasteiger partial charge in [-0.1, -0.05) is 6.07 Å². The van der Waals surface area contributed by atoms with Crippen molar-refractivity contribution in [2.75, 3.05) is 26.2 Å². The van der Waals surface area contributed by atoms with E-state index in [2.05, 4.69) is 10.6 Å². The maximum absolute atomic E-state index is 12.0. The van der Waals surface area contributed by atoms with Crippen LogP contribution in [0.1, 0.15) is 30.1 Å². The van der Waals surface area contributed by atoms with E-state index in [-0.39, 0.29) is 5.91 Å². The molecule has 0 saturated carbocycles. The lowest BCUT2D eigenvalue weighted by Crippen LogP contribution is -2.26. The first kappa shape index (κ1) is 13.9. The van der Waals surface area contributed by atoms with Crippen LogP contribution in [0.4, 0.5) is 0 Å². The molecule has 2 N–H and O–H groups in total. The van der Waals surface area contributed by atoms with Gasteiger partial charge in [0.25, 0.3) is 5.91 Å². The highest BCUT2D eigenvalue weighted by atomic mass is 16.5. The van der Waals surface area contributed by atoms with Crippen molar-refractivity contribution in [2.45, 2.75) is 19.8 Å². The maximum Gasteiger partial charge on any atom is 0.251 e. The Labute approximate surface area is 114 Å². The fraction of sp³-hybridized carbons (Fsp3) is 0.533. The molecule has 1 aliphatic rings. The number of nitrogens with one attached hydrogen (secondary N) is 2. The molecule has 4 nitrogen and oxygen atoms in total. The highest BCUT2D eigenvalue weighted by Gasteiger charge is 2.14. The van der Waals surface area contributed by atoms with E-state index in [0.29, 0.717) is 18.1 Å². The van der Waals surface area contributed by atoms with Gasteiger partial charge >= 0.3 is 0 Å². The van der Waals surface area contributed by atoms with Gasteiger partial charge in [-0.2, -0.15) is 0 Å². The van der Waals surface area contributed by atoms with E-state index >= 15 is 0 Å². The van der Waals surface area contributed by atoms with Gasteiger partial charge in [0.05, 0.1) is 6.61 Å². The van der Waals surface area contributed by atoms with Crippen molar-refractivity contribution >= 4 is 5.91 Å². The summed E-state index contributed by atoms with van der Waals surface area (Å²) in [6.07, 6.45) is 2.26. The molecule has 1 fully saturated rings. The molecule has 0 aliphatic carbocycles. The Kier molecular flexibility index (Phi) is 5.21. The predicted octanol–water partition coefficient (Wildman–Crippen LogP) is 1.81. The zero-order valence-electron chi connectivity index (χ0n) is 11.4. The molecule has 1 aromatic rings. The lowest BCUT2D eigenvalue weighted by molar-refractivity contribution is 0.0951. The van der Waals surface area contributed by atoms with Gasteiger partial charge < -0.3 is 15.4 Å². The van der Waals surface area contributed by atoms with Gasteiger partial charge in [-0.15, -0.1) is 0 Å². The molecule has 0 radical (unpaired) electrons. The molecule has 1 heterocycles. The van der Waals surface area contributed by atoms with Crippen LogP contribution in [0.3, 0.4) is 0 Å². The summed E-state index contributed by atoms with van der Waals surface area (Å²) in [6, 6.07) is 7.32. The lowest BCUT2D eigenvalue weighted by Gasteiger charge is -2.10. The zero-order valence-corrected chi connectivity index (χ0v) is 11.4. The van der Waals surface area contributed by atoms with Crippen LogP contribution in [0, 0.1) is 5.92 Å². The van der Waals surface area contributed by atoms with Crippen molar-refractivity contribution in [2.24, 2.45) is 5.92 Å². The van der Waals surface area contributed by atoms with Crippen LogP contribution in [-0.4, -0.2) is 32.1 Å². The molecule has 1 saturated heterocycles. The fourth-order valence-corrected chi connectivity index (χ4v) is 2.35. The van der Waals surface area contributed by atoms with Gasteiger partial charge in [-0.25, -0.2) is 0 Å². The minimum Gasteiger partial charge on any atom is -0.494 e. The molecule has 104 valence electrons. The van der Waals surface area contributed by atoms with E-state index in [9.17, 15) is 4.79 Å². The molecule has 1 unspecified atom stereocenters. The van der Waals surface area contributed by atoms with Crippen LogP contribution >= 0.6 is 0 Å². The fourth-order valence-electron chi connectivity index (χ4n) is 2.35. The molecule has 0 spiro atoms. The lowest BCUT2D eigenvalue weighted by atomic mass is 10.1. The molecule has 0 bridgehead atoms. The molecule has 0 aromatic heterocycles. The van der Waals surface area contributed by atoms with E-state index in [1.54, 1.807) is 6.07 Å². The largest absolute Gasteiger partial charge is 0.494 e. The van der Waals surface area contributed by atoms with E-state index < -0.39 is 0 Å². The molecule has 1 aliphatic heterocycles. The van der Waals surface area contributed by atoms with Gasteiger partial charge in [0, 0.05) is 12.1 Å². The topological polar surface area (TPSA) is 50.4 Å². The van der Waals surface area contributed by atoms with Crippen molar-refractivity contribution in [3.05, 3.63) is 29.8 Å². The highest BCUT2D eigenvalue weighted by Crippen LogP contribution is 2.14. The third kappa shape index (κ3) is 4.24. The third-order valence-corrected chi connectivity index (χ3v) is 3.41. The summed E-state index contributed by atoms with van der Waals surface area (Å²) >= 11 is 0. The van der Waals surface area contributed by atoms with Gasteiger partial charge in [-0.05, 0) is 57.0 Å². The number of carbonyl (C=O) groups excluding carboxylic acids is 1. The second-order valence-electron chi connectivity index (χ2n) is 4.86. The second-order valence-corrected chi connectivity index (χ2v) is 4.86. The van der Waals surface area contributed by atoms with Crippen molar-refractivity contribution in [3.8, 4) is 5.75 Å². The standard InChI is InChI=1S/C15H22N2O2/c1-2-19-14-5-3-4-13(10-14)15(18)17-9-7-12-6-8-16-11-12/h3-5,10,12,16H,2,6-9,11H2,1H3,(H,17,18). The minimum absolute atomic E-state index is 0.0208. The number of carbonyl (C=O) groups is 1. The smallest absolute Gasteiger partial charge is 0.251 e. The zero-order chi connectivity index (χ0) is 13.5. The van der Waals surface area contributed by atoms with Crippen LogP contribution in [-0.2, 0) is 0 Å². The summed E-state index contributed by atoms with van der Waals surface area (Å²) in [7, 11) is 0. The number of benzene rings is 1. The van der Waals surface area contributed by atoms with Crippen molar-refractivity contribution in [3.63, 3.8) is 0 Å². The Morgan fingerprint density at radius 2 is 2.42 bits per heavy atom. The molecule has 1 amide bonds. The molecule has 19 heavy (non-hydrogen) atoms. The molecular weight excluding hydrogens is 240 g/mol. The van der Waals surface area contributed by atoms with Gasteiger partial charge in [-0.3, -0.25) is 4.79 Å². The van der Waals surface area contributed by atoms with E-state index in [1.807, 2.05) is 25.1 Å². The number of rotatable bonds is 6. The minimum atomic E-state index is -0.0208. The average molecular weight is 262 g/mol. The highest BCUT2D eigenvalue weighted by molar-refractivity contribution is 5.94. The Balaban J connectivity index is 1.79. The molecule has 1 aromatic carbocycles. The van der Waals surface area contributed by atoms with Gasteiger partial charge in [0.2, 0.25) is 0 Å². The Morgan fingerprint density at radius 3 is 3.16 bits per heavy atom. The predicted molar refractivity (Wildman–Crippen MR) is 75.5 cm³/mol. The summed E-state index contributed by atoms with van der Waals surface area (Å²) in [5.41, 5.74) is 0.662. The number of hydrogen-bond acceptors (Lipinski definition) is 3. The first-order valence-corrected chi connectivity index (χ1v) is 7.01. The number of ether oxygens (including phenoxy) is 1. The van der Waals surface area contributed by atoms with E-state index in [0.717, 1.165) is 31.8 Å². The van der Waals surface area contributed by atoms with E-state index in [4.69, 9.17) is 4.74 Å². The van der Waals surface area contributed by atoms with Crippen LogP contribution < -0.4 is 15.4 Å². The monoisotopic (exact) mass is 262 g/mol. The summed E-state index contributed by atoms with van der Waals surface area (Å²) in [5.74, 6) is 1.43. The van der Waals surface area contributed by atoms with E-state index in [1.165, 1.54) is 6.42 Å². The summed E-state index contributed by atoms with van der Waals surface area (Å²) in [6.45, 7) is 5.47. The summed E-state index contributed by atoms with van der Waals surface area (Å²) < 4.78 is 5.39. The second kappa shape index (κ2) is 7.14. The Bertz CT molecular complexity index is 414. The number of hydrogen-bond donors (Lipinski definition) is 2. The van der Waals surface area contributed by atoms with Crippen LogP contribution in [0.15, 0.2) is 24.3 Å². The number of amides is 1. The van der Waals surface area contributed by atoms with Crippen molar-refractivity contribution in [1.29, 1.82) is 0 Å². The van der Waals surface area contributed by atoms with Crippen LogP contribution in [0.2, 0.25) is 0 Å². The molecule has 2 rings (SSSR count). The average Bonchev–Trinajstić information content (AvgIpc) is 2.92. The Hall–Kier alpha value is -1.55. The van der Waals surface area contributed by atoms with Crippen molar-refractivity contribution in [1.82, 2.24) is 10.6 Å². The van der Waals surface area contributed by atoms with Crippen LogP contribution in [0.5, 0.6) is 5.75 Å². The quantitative estimate of drug-likeness (QED) is 0.822. The first-order chi connectivity index (χ1) is 9.29. The SMILES string of the molecule is CCOc1cccc(C(=O)NCCC2CCNC2)c1. The summed E-state index contributed by atoms with van der Waals surface area (Å²) in [5, 5.41) is 6.31. The molecular formula is C15H22N2O2.